The normalized spacial score (nSPS) is 20.9. The number of carbonyl (C=O) groups is 1. The fraction of sp³-hybridized carbons (Fsp3) is 0.500. The van der Waals surface area contributed by atoms with E-state index in [1.54, 1.807) is 18.2 Å². The van der Waals surface area contributed by atoms with E-state index in [0.717, 1.165) is 6.54 Å². The molecular weight excluding hydrogens is 233 g/mol. The molecule has 0 aromatic heterocycles. The van der Waals surface area contributed by atoms with Gasteiger partial charge in [-0.2, -0.15) is 0 Å². The molecular formula is C14H18FNO2. The average Bonchev–Trinajstić information content (AvgIpc) is 2.35. The van der Waals surface area contributed by atoms with Crippen LogP contribution in [0.15, 0.2) is 24.3 Å². The molecule has 1 aliphatic rings. The van der Waals surface area contributed by atoms with Crippen molar-refractivity contribution in [1.29, 1.82) is 0 Å². The summed E-state index contributed by atoms with van der Waals surface area (Å²) in [5.74, 6) is -0.255. The number of hydrogen-bond donors (Lipinski definition) is 0. The lowest BCUT2D eigenvalue weighted by atomic mass is 10.1. The molecule has 0 saturated carbocycles. The molecule has 1 aromatic carbocycles. The largest absolute Gasteiger partial charge is 0.379 e. The summed E-state index contributed by atoms with van der Waals surface area (Å²) in [5.41, 5.74) is 0.475. The molecule has 0 radical (unpaired) electrons. The van der Waals surface area contributed by atoms with Crippen LogP contribution in [0.3, 0.4) is 0 Å². The van der Waals surface area contributed by atoms with E-state index >= 15 is 0 Å². The Labute approximate surface area is 107 Å². The van der Waals surface area contributed by atoms with Crippen molar-refractivity contribution in [3.8, 4) is 0 Å². The topological polar surface area (TPSA) is 29.5 Å². The van der Waals surface area contributed by atoms with E-state index in [9.17, 15) is 9.18 Å². The van der Waals surface area contributed by atoms with Crippen LogP contribution in [0.5, 0.6) is 0 Å². The van der Waals surface area contributed by atoms with Crippen LogP contribution in [0.4, 0.5) is 4.39 Å². The van der Waals surface area contributed by atoms with Gasteiger partial charge in [0.2, 0.25) is 0 Å². The van der Waals surface area contributed by atoms with Crippen molar-refractivity contribution in [1.82, 2.24) is 4.90 Å². The second-order valence-corrected chi connectivity index (χ2v) is 4.70. The Kier molecular flexibility index (Phi) is 4.44. The van der Waals surface area contributed by atoms with Crippen LogP contribution < -0.4 is 0 Å². The van der Waals surface area contributed by atoms with E-state index in [1.807, 2.05) is 6.92 Å². The van der Waals surface area contributed by atoms with Crippen LogP contribution in [0, 0.1) is 5.82 Å². The lowest BCUT2D eigenvalue weighted by Gasteiger charge is -2.32. The van der Waals surface area contributed by atoms with Gasteiger partial charge in [0.1, 0.15) is 5.82 Å². The van der Waals surface area contributed by atoms with Crippen molar-refractivity contribution in [3.05, 3.63) is 35.6 Å². The summed E-state index contributed by atoms with van der Waals surface area (Å²) in [6, 6.07) is 6.69. The van der Waals surface area contributed by atoms with Crippen molar-refractivity contribution in [2.45, 2.75) is 19.4 Å². The van der Waals surface area contributed by atoms with Crippen LogP contribution in [0.2, 0.25) is 0 Å². The Morgan fingerprint density at radius 3 is 3.00 bits per heavy atom. The van der Waals surface area contributed by atoms with Crippen molar-refractivity contribution >= 4 is 5.78 Å². The van der Waals surface area contributed by atoms with Crippen molar-refractivity contribution < 1.29 is 13.9 Å². The van der Waals surface area contributed by atoms with E-state index in [0.29, 0.717) is 25.3 Å². The molecule has 1 fully saturated rings. The Morgan fingerprint density at radius 1 is 1.50 bits per heavy atom. The summed E-state index contributed by atoms with van der Waals surface area (Å²) in [7, 11) is 0. The minimum Gasteiger partial charge on any atom is -0.379 e. The van der Waals surface area contributed by atoms with Gasteiger partial charge in [-0.05, 0) is 18.6 Å². The number of halogens is 1. The quantitative estimate of drug-likeness (QED) is 0.815. The summed E-state index contributed by atoms with van der Waals surface area (Å²) in [5, 5.41) is 0. The van der Waals surface area contributed by atoms with Gasteiger partial charge in [-0.3, -0.25) is 9.69 Å². The summed E-state index contributed by atoms with van der Waals surface area (Å²) in [6.07, 6.45) is 0.163. The fourth-order valence-electron chi connectivity index (χ4n) is 2.13. The summed E-state index contributed by atoms with van der Waals surface area (Å²) < 4.78 is 18.7. The number of ketones is 1. The average molecular weight is 251 g/mol. The first kappa shape index (κ1) is 13.2. The number of nitrogens with zero attached hydrogens (tertiary/aromatic N) is 1. The van der Waals surface area contributed by atoms with Crippen LogP contribution in [-0.2, 0) is 16.0 Å². The second-order valence-electron chi connectivity index (χ2n) is 4.70. The zero-order valence-electron chi connectivity index (χ0n) is 10.6. The maximum absolute atomic E-state index is 13.4. The number of ether oxygens (including phenoxy) is 1. The van der Waals surface area contributed by atoms with E-state index < -0.39 is 0 Å². The predicted octanol–water partition coefficient (Wildman–Crippen LogP) is 1.66. The monoisotopic (exact) mass is 251 g/mol. The third kappa shape index (κ3) is 3.37. The van der Waals surface area contributed by atoms with E-state index in [1.165, 1.54) is 6.07 Å². The zero-order valence-corrected chi connectivity index (χ0v) is 10.6. The predicted molar refractivity (Wildman–Crippen MR) is 67.0 cm³/mol. The summed E-state index contributed by atoms with van der Waals surface area (Å²) >= 11 is 0. The van der Waals surface area contributed by atoms with E-state index in [4.69, 9.17) is 4.74 Å². The highest BCUT2D eigenvalue weighted by Crippen LogP contribution is 2.10. The first-order valence-corrected chi connectivity index (χ1v) is 6.23. The number of hydrogen-bond acceptors (Lipinski definition) is 3. The van der Waals surface area contributed by atoms with Crippen LogP contribution in [0.25, 0.3) is 0 Å². The molecule has 1 aliphatic heterocycles. The Hall–Kier alpha value is -1.26. The van der Waals surface area contributed by atoms with Crippen molar-refractivity contribution in [3.63, 3.8) is 0 Å². The number of morpholine rings is 1. The van der Waals surface area contributed by atoms with Crippen LogP contribution in [-0.4, -0.2) is 43.0 Å². The van der Waals surface area contributed by atoms with Gasteiger partial charge in [-0.15, -0.1) is 0 Å². The molecule has 1 atom stereocenters. The van der Waals surface area contributed by atoms with Gasteiger partial charge in [-0.1, -0.05) is 18.2 Å². The molecule has 18 heavy (non-hydrogen) atoms. The number of rotatable bonds is 4. The van der Waals surface area contributed by atoms with E-state index in [-0.39, 0.29) is 24.1 Å². The van der Waals surface area contributed by atoms with Gasteiger partial charge < -0.3 is 4.74 Å². The Balaban J connectivity index is 1.90. The first-order valence-electron chi connectivity index (χ1n) is 6.23. The van der Waals surface area contributed by atoms with Gasteiger partial charge in [-0.25, -0.2) is 4.39 Å². The highest BCUT2D eigenvalue weighted by molar-refractivity contribution is 5.82. The molecule has 98 valence electrons. The summed E-state index contributed by atoms with van der Waals surface area (Å²) in [4.78, 5) is 14.0. The van der Waals surface area contributed by atoms with Crippen LogP contribution in [0.1, 0.15) is 12.5 Å². The molecule has 0 bridgehead atoms. The molecule has 2 rings (SSSR count). The molecule has 1 aromatic rings. The molecule has 1 unspecified atom stereocenters. The first-order chi connectivity index (χ1) is 8.66. The lowest BCUT2D eigenvalue weighted by Crippen LogP contribution is -2.46. The van der Waals surface area contributed by atoms with Gasteiger partial charge in [0.25, 0.3) is 0 Å². The van der Waals surface area contributed by atoms with Crippen LogP contribution >= 0.6 is 0 Å². The molecule has 0 aliphatic carbocycles. The maximum Gasteiger partial charge on any atom is 0.151 e. The SMILES string of the molecule is CC1COCCN1CC(=O)Cc1ccccc1F. The fourth-order valence-corrected chi connectivity index (χ4v) is 2.13. The second kappa shape index (κ2) is 6.07. The lowest BCUT2D eigenvalue weighted by molar-refractivity contribution is -0.121. The van der Waals surface area contributed by atoms with Gasteiger partial charge in [0.05, 0.1) is 19.8 Å². The van der Waals surface area contributed by atoms with Gasteiger partial charge in [0.15, 0.2) is 5.78 Å². The standard InChI is InChI=1S/C14H18FNO2/c1-11-10-18-7-6-16(11)9-13(17)8-12-4-2-3-5-14(12)15/h2-5,11H,6-10H2,1H3. The molecule has 4 heteroatoms. The third-order valence-electron chi connectivity index (χ3n) is 3.23. The van der Waals surface area contributed by atoms with E-state index in [2.05, 4.69) is 4.90 Å². The third-order valence-corrected chi connectivity index (χ3v) is 3.23. The van der Waals surface area contributed by atoms with Gasteiger partial charge >= 0.3 is 0 Å². The molecule has 0 N–H and O–H groups in total. The number of carbonyl (C=O) groups excluding carboxylic acids is 1. The highest BCUT2D eigenvalue weighted by Gasteiger charge is 2.21. The van der Waals surface area contributed by atoms with Crippen molar-refractivity contribution in [2.75, 3.05) is 26.3 Å². The summed E-state index contributed by atoms with van der Waals surface area (Å²) in [6.45, 7) is 4.50. The smallest absolute Gasteiger partial charge is 0.151 e. The molecule has 1 heterocycles. The minimum absolute atomic E-state index is 0.0499. The number of benzene rings is 1. The maximum atomic E-state index is 13.4. The molecule has 1 saturated heterocycles. The van der Waals surface area contributed by atoms with Crippen molar-refractivity contribution in [2.24, 2.45) is 0 Å². The Bertz CT molecular complexity index is 422. The highest BCUT2D eigenvalue weighted by atomic mass is 19.1. The zero-order chi connectivity index (χ0) is 13.0. The molecule has 0 amide bonds. The number of Topliss-reactive ketones (excluding diaryl/α,β-unsaturated/α-hetero) is 1. The Morgan fingerprint density at radius 2 is 2.28 bits per heavy atom. The van der Waals surface area contributed by atoms with Gasteiger partial charge in [0, 0.05) is 19.0 Å². The minimum atomic E-state index is -0.305. The molecule has 0 spiro atoms. The molecule has 3 nitrogen and oxygen atoms in total.